The third-order valence-electron chi connectivity index (χ3n) is 2.42. The molecule has 1 aliphatic carbocycles. The van der Waals surface area contributed by atoms with Gasteiger partial charge in [0.25, 0.3) is 0 Å². The third kappa shape index (κ3) is 2.93. The Morgan fingerprint density at radius 3 is 3.07 bits per heavy atom. The Kier molecular flexibility index (Phi) is 3.21. The number of halogens is 1. The summed E-state index contributed by atoms with van der Waals surface area (Å²) < 4.78 is 5.64. The van der Waals surface area contributed by atoms with Gasteiger partial charge in [-0.15, -0.1) is 0 Å². The highest BCUT2D eigenvalue weighted by Crippen LogP contribution is 2.22. The number of rotatable bonds is 2. The lowest BCUT2D eigenvalue weighted by molar-refractivity contribution is -0.122. The maximum absolute atomic E-state index is 11.2. The fraction of sp³-hybridized carbons (Fsp3) is 0.455. The minimum absolute atomic E-state index is 0.00785. The molecule has 1 atom stereocenters. The maximum atomic E-state index is 11.2. The molecule has 0 amide bonds. The Balaban J connectivity index is 1.99. The molecule has 80 valence electrons. The summed E-state index contributed by atoms with van der Waals surface area (Å²) in [5.41, 5.74) is 0. The summed E-state index contributed by atoms with van der Waals surface area (Å²) in [5.74, 6) is 0.920. The van der Waals surface area contributed by atoms with Gasteiger partial charge in [0, 0.05) is 25.1 Å². The Labute approximate surface area is 93.4 Å². The Morgan fingerprint density at radius 2 is 2.33 bits per heavy atom. The molecule has 0 spiro atoms. The van der Waals surface area contributed by atoms with Crippen molar-refractivity contribution in [2.45, 2.75) is 31.8 Å². The van der Waals surface area contributed by atoms with E-state index < -0.39 is 0 Å². The van der Waals surface area contributed by atoms with E-state index in [1.807, 2.05) is 0 Å². The third-order valence-corrected chi connectivity index (χ3v) is 2.63. The second-order valence-electron chi connectivity index (χ2n) is 3.71. The van der Waals surface area contributed by atoms with Crippen molar-refractivity contribution in [2.24, 2.45) is 0 Å². The van der Waals surface area contributed by atoms with Gasteiger partial charge in [-0.1, -0.05) is 11.6 Å². The standard InChI is InChI=1S/C11H12ClNO2/c12-8-4-11(7-13-6-8)15-10-3-1-2-9(14)5-10/h4,6-7,10H,1-3,5H2. The molecule has 1 heterocycles. The molecular formula is C11H12ClNO2. The number of Topliss-reactive ketones (excluding diaryl/α,β-unsaturated/α-hetero) is 1. The predicted octanol–water partition coefficient (Wildman–Crippen LogP) is 2.63. The average Bonchev–Trinajstić information content (AvgIpc) is 2.17. The Hall–Kier alpha value is -1.09. The van der Waals surface area contributed by atoms with Crippen LogP contribution in [0.3, 0.4) is 0 Å². The first-order valence-corrected chi connectivity index (χ1v) is 5.41. The van der Waals surface area contributed by atoms with Crippen molar-refractivity contribution >= 4 is 17.4 Å². The van der Waals surface area contributed by atoms with Crippen molar-refractivity contribution in [1.29, 1.82) is 0 Å². The van der Waals surface area contributed by atoms with Gasteiger partial charge < -0.3 is 4.74 Å². The highest BCUT2D eigenvalue weighted by Gasteiger charge is 2.20. The number of pyridine rings is 1. The zero-order chi connectivity index (χ0) is 10.7. The Morgan fingerprint density at radius 1 is 1.47 bits per heavy atom. The second kappa shape index (κ2) is 4.62. The number of ether oxygens (including phenoxy) is 1. The van der Waals surface area contributed by atoms with Crippen LogP contribution < -0.4 is 4.74 Å². The molecule has 1 aromatic heterocycles. The summed E-state index contributed by atoms with van der Waals surface area (Å²) in [5, 5.41) is 0.551. The topological polar surface area (TPSA) is 39.2 Å². The van der Waals surface area contributed by atoms with E-state index in [2.05, 4.69) is 4.98 Å². The lowest BCUT2D eigenvalue weighted by atomic mass is 9.96. The SMILES string of the molecule is O=C1CCCC(Oc2cncc(Cl)c2)C1. The maximum Gasteiger partial charge on any atom is 0.139 e. The van der Waals surface area contributed by atoms with Gasteiger partial charge in [0.15, 0.2) is 0 Å². The van der Waals surface area contributed by atoms with E-state index in [4.69, 9.17) is 16.3 Å². The molecule has 0 saturated heterocycles. The van der Waals surface area contributed by atoms with Crippen LogP contribution in [0.25, 0.3) is 0 Å². The number of hydrogen-bond donors (Lipinski definition) is 0. The summed E-state index contributed by atoms with van der Waals surface area (Å²) >= 11 is 5.78. The predicted molar refractivity (Wildman–Crippen MR) is 57.1 cm³/mol. The molecule has 1 aromatic rings. The molecule has 15 heavy (non-hydrogen) atoms. The van der Waals surface area contributed by atoms with Gasteiger partial charge >= 0.3 is 0 Å². The zero-order valence-corrected chi connectivity index (χ0v) is 9.04. The van der Waals surface area contributed by atoms with E-state index in [0.29, 0.717) is 23.6 Å². The fourth-order valence-corrected chi connectivity index (χ4v) is 1.90. The summed E-state index contributed by atoms with van der Waals surface area (Å²) in [6, 6.07) is 1.72. The van der Waals surface area contributed by atoms with Gasteiger partial charge in [0.2, 0.25) is 0 Å². The van der Waals surface area contributed by atoms with Crippen molar-refractivity contribution in [3.8, 4) is 5.75 Å². The summed E-state index contributed by atoms with van der Waals surface area (Å²) in [6.07, 6.45) is 6.20. The molecule has 0 aliphatic heterocycles. The lowest BCUT2D eigenvalue weighted by Crippen LogP contribution is -2.25. The van der Waals surface area contributed by atoms with Crippen molar-refractivity contribution in [1.82, 2.24) is 4.98 Å². The quantitative estimate of drug-likeness (QED) is 0.777. The van der Waals surface area contributed by atoms with E-state index in [9.17, 15) is 4.79 Å². The number of ketones is 1. The van der Waals surface area contributed by atoms with Crippen molar-refractivity contribution in [3.05, 3.63) is 23.5 Å². The lowest BCUT2D eigenvalue weighted by Gasteiger charge is -2.21. The molecule has 0 N–H and O–H groups in total. The van der Waals surface area contributed by atoms with Crippen LogP contribution in [0.2, 0.25) is 5.02 Å². The summed E-state index contributed by atoms with van der Waals surface area (Å²) in [4.78, 5) is 15.1. The number of nitrogens with zero attached hydrogens (tertiary/aromatic N) is 1. The summed E-state index contributed by atoms with van der Waals surface area (Å²) in [7, 11) is 0. The second-order valence-corrected chi connectivity index (χ2v) is 4.15. The van der Waals surface area contributed by atoms with Crippen LogP contribution in [-0.2, 0) is 4.79 Å². The molecule has 4 heteroatoms. The number of aromatic nitrogens is 1. The minimum Gasteiger partial charge on any atom is -0.488 e. The van der Waals surface area contributed by atoms with Crippen LogP contribution in [-0.4, -0.2) is 16.9 Å². The van der Waals surface area contributed by atoms with Gasteiger partial charge in [0.1, 0.15) is 17.6 Å². The minimum atomic E-state index is -0.00785. The van der Waals surface area contributed by atoms with E-state index in [0.717, 1.165) is 12.8 Å². The van der Waals surface area contributed by atoms with Crippen LogP contribution in [0.1, 0.15) is 25.7 Å². The molecule has 1 saturated carbocycles. The van der Waals surface area contributed by atoms with Crippen LogP contribution in [0.15, 0.2) is 18.5 Å². The first-order valence-electron chi connectivity index (χ1n) is 5.03. The van der Waals surface area contributed by atoms with Gasteiger partial charge in [-0.3, -0.25) is 9.78 Å². The summed E-state index contributed by atoms with van der Waals surface area (Å²) in [6.45, 7) is 0. The van der Waals surface area contributed by atoms with Crippen molar-refractivity contribution in [3.63, 3.8) is 0 Å². The van der Waals surface area contributed by atoms with E-state index >= 15 is 0 Å². The number of hydrogen-bond acceptors (Lipinski definition) is 3. The van der Waals surface area contributed by atoms with Crippen LogP contribution in [0, 0.1) is 0 Å². The molecular weight excluding hydrogens is 214 g/mol. The van der Waals surface area contributed by atoms with Crippen molar-refractivity contribution < 1.29 is 9.53 Å². The van der Waals surface area contributed by atoms with Crippen LogP contribution in [0.5, 0.6) is 5.75 Å². The molecule has 0 radical (unpaired) electrons. The highest BCUT2D eigenvalue weighted by molar-refractivity contribution is 6.30. The molecule has 3 nitrogen and oxygen atoms in total. The molecule has 1 unspecified atom stereocenters. The zero-order valence-electron chi connectivity index (χ0n) is 8.28. The van der Waals surface area contributed by atoms with Gasteiger partial charge in [-0.05, 0) is 12.8 Å². The number of carbonyl (C=O) groups excluding carboxylic acids is 1. The molecule has 1 aliphatic rings. The normalized spacial score (nSPS) is 21.4. The molecule has 0 bridgehead atoms. The molecule has 2 rings (SSSR count). The van der Waals surface area contributed by atoms with E-state index in [-0.39, 0.29) is 11.9 Å². The van der Waals surface area contributed by atoms with E-state index in [1.165, 1.54) is 0 Å². The van der Waals surface area contributed by atoms with Gasteiger partial charge in [-0.2, -0.15) is 0 Å². The van der Waals surface area contributed by atoms with Gasteiger partial charge in [-0.25, -0.2) is 0 Å². The van der Waals surface area contributed by atoms with Crippen molar-refractivity contribution in [2.75, 3.05) is 0 Å². The first kappa shape index (κ1) is 10.4. The average molecular weight is 226 g/mol. The largest absolute Gasteiger partial charge is 0.488 e. The van der Waals surface area contributed by atoms with Gasteiger partial charge in [0.05, 0.1) is 11.2 Å². The smallest absolute Gasteiger partial charge is 0.139 e. The number of carbonyl (C=O) groups is 1. The fourth-order valence-electron chi connectivity index (χ4n) is 1.73. The molecule has 0 aromatic carbocycles. The van der Waals surface area contributed by atoms with Crippen LogP contribution >= 0.6 is 11.6 Å². The van der Waals surface area contributed by atoms with E-state index in [1.54, 1.807) is 18.5 Å². The highest BCUT2D eigenvalue weighted by atomic mass is 35.5. The first-order chi connectivity index (χ1) is 7.24. The molecule has 1 fully saturated rings. The Bertz CT molecular complexity index is 367. The monoisotopic (exact) mass is 225 g/mol. The van der Waals surface area contributed by atoms with Crippen LogP contribution in [0.4, 0.5) is 0 Å².